The van der Waals surface area contributed by atoms with Gasteiger partial charge in [-0.1, -0.05) is 32.2 Å². The largest absolute Gasteiger partial charge is 0.457 e. The number of thioether (sulfide) groups is 1. The lowest BCUT2D eigenvalue weighted by Crippen LogP contribution is -2.63. The van der Waals surface area contributed by atoms with E-state index in [4.69, 9.17) is 9.47 Å². The number of nitrogens with one attached hydrogen (secondary N) is 1. The first-order valence-electron chi connectivity index (χ1n) is 13.0. The van der Waals surface area contributed by atoms with Crippen LogP contribution in [0.25, 0.3) is 0 Å². The van der Waals surface area contributed by atoms with Gasteiger partial charge in [0.2, 0.25) is 5.91 Å². The Morgan fingerprint density at radius 1 is 1.26 bits per heavy atom. The van der Waals surface area contributed by atoms with E-state index in [0.29, 0.717) is 30.8 Å². The quantitative estimate of drug-likeness (QED) is 0.217. The van der Waals surface area contributed by atoms with Crippen molar-refractivity contribution < 1.29 is 37.4 Å². The van der Waals surface area contributed by atoms with Gasteiger partial charge in [-0.25, -0.2) is 14.3 Å². The van der Waals surface area contributed by atoms with E-state index in [2.05, 4.69) is 17.9 Å². The second kappa shape index (κ2) is 12.0. The molecule has 0 aromatic heterocycles. The SMILES string of the molecule is C=CCOC(=O)C1=C(S[C@H]2C[C@@H](CN3CCCNS3(=O)=O)N(C(=O)OCC=C)C2)[C@H](C)[C@@H]2[C@@H]([C@@H](C)O)C(=O)N12. The van der Waals surface area contributed by atoms with Crippen molar-refractivity contribution in [1.82, 2.24) is 18.8 Å². The van der Waals surface area contributed by atoms with Crippen LogP contribution >= 0.6 is 11.8 Å². The van der Waals surface area contributed by atoms with E-state index in [9.17, 15) is 27.9 Å². The second-order valence-electron chi connectivity index (χ2n) is 10.1. The van der Waals surface area contributed by atoms with Gasteiger partial charge in [-0.3, -0.25) is 4.79 Å². The summed E-state index contributed by atoms with van der Waals surface area (Å²) in [6.45, 7) is 11.7. The topological polar surface area (TPSA) is 146 Å². The van der Waals surface area contributed by atoms with Crippen LogP contribution in [0.1, 0.15) is 26.7 Å². The molecule has 0 bridgehead atoms. The lowest BCUT2D eigenvalue weighted by atomic mass is 9.79. The zero-order chi connectivity index (χ0) is 28.5. The molecule has 3 saturated heterocycles. The van der Waals surface area contributed by atoms with Crippen LogP contribution in [0.3, 0.4) is 0 Å². The summed E-state index contributed by atoms with van der Waals surface area (Å²) < 4.78 is 39.6. The molecule has 14 heteroatoms. The molecule has 216 valence electrons. The third-order valence-electron chi connectivity index (χ3n) is 7.49. The maximum atomic E-state index is 13.1. The summed E-state index contributed by atoms with van der Waals surface area (Å²) in [6.07, 6.45) is 2.56. The molecular weight excluding hydrogens is 548 g/mol. The molecule has 0 aliphatic carbocycles. The number of hydrogen-bond acceptors (Lipinski definition) is 9. The molecule has 12 nitrogen and oxygen atoms in total. The molecule has 4 aliphatic rings. The molecule has 0 spiro atoms. The molecule has 39 heavy (non-hydrogen) atoms. The number of aliphatic hydroxyl groups is 1. The fourth-order valence-electron chi connectivity index (χ4n) is 5.71. The van der Waals surface area contributed by atoms with Gasteiger partial charge in [0.05, 0.1) is 24.1 Å². The van der Waals surface area contributed by atoms with Crippen LogP contribution in [0.5, 0.6) is 0 Å². The van der Waals surface area contributed by atoms with Gasteiger partial charge in [-0.2, -0.15) is 12.7 Å². The summed E-state index contributed by atoms with van der Waals surface area (Å²) in [4.78, 5) is 42.5. The number of rotatable bonds is 10. The summed E-state index contributed by atoms with van der Waals surface area (Å²) in [5.41, 5.74) is 0.160. The molecule has 4 rings (SSSR count). The van der Waals surface area contributed by atoms with Crippen LogP contribution in [-0.4, -0.2) is 108 Å². The maximum absolute atomic E-state index is 13.1. The van der Waals surface area contributed by atoms with Gasteiger partial charge in [-0.05, 0) is 19.8 Å². The van der Waals surface area contributed by atoms with Gasteiger partial charge in [0.1, 0.15) is 18.9 Å². The molecule has 2 amide bonds. The van der Waals surface area contributed by atoms with E-state index in [1.165, 1.54) is 38.0 Å². The molecule has 0 aromatic rings. The molecule has 4 heterocycles. The van der Waals surface area contributed by atoms with Gasteiger partial charge in [0.25, 0.3) is 10.2 Å². The van der Waals surface area contributed by atoms with Crippen LogP contribution in [-0.2, 0) is 29.3 Å². The average molecular weight is 585 g/mol. The first-order valence-corrected chi connectivity index (χ1v) is 15.3. The normalized spacial score (nSPS) is 30.9. The van der Waals surface area contributed by atoms with Crippen molar-refractivity contribution in [3.63, 3.8) is 0 Å². The molecule has 0 saturated carbocycles. The molecule has 0 radical (unpaired) electrons. The first kappa shape index (κ1) is 29.6. The van der Waals surface area contributed by atoms with Crippen LogP contribution in [0.2, 0.25) is 0 Å². The van der Waals surface area contributed by atoms with Crippen molar-refractivity contribution in [3.8, 4) is 0 Å². The zero-order valence-electron chi connectivity index (χ0n) is 22.2. The number of fused-ring (bicyclic) bond motifs is 1. The minimum Gasteiger partial charge on any atom is -0.457 e. The highest BCUT2D eigenvalue weighted by Crippen LogP contribution is 2.52. The van der Waals surface area contributed by atoms with Crippen molar-refractivity contribution in [1.29, 1.82) is 0 Å². The van der Waals surface area contributed by atoms with E-state index in [0.717, 1.165) is 0 Å². The molecule has 4 aliphatic heterocycles. The Labute approximate surface area is 233 Å². The van der Waals surface area contributed by atoms with Gasteiger partial charge in [0, 0.05) is 42.3 Å². The minimum absolute atomic E-state index is 0.0182. The van der Waals surface area contributed by atoms with Crippen LogP contribution in [0.4, 0.5) is 4.79 Å². The third-order valence-corrected chi connectivity index (χ3v) is 10.6. The Bertz CT molecular complexity index is 1160. The average Bonchev–Trinajstić information content (AvgIpc) is 3.38. The Hall–Kier alpha value is -2.39. The van der Waals surface area contributed by atoms with E-state index in [1.54, 1.807) is 6.92 Å². The highest BCUT2D eigenvalue weighted by Gasteiger charge is 2.60. The molecule has 2 N–H and O–H groups in total. The van der Waals surface area contributed by atoms with E-state index < -0.39 is 40.3 Å². The number of amides is 2. The molecule has 0 aromatic carbocycles. The number of aliphatic hydroxyl groups excluding tert-OH is 1. The highest BCUT2D eigenvalue weighted by molar-refractivity contribution is 8.03. The van der Waals surface area contributed by atoms with Crippen molar-refractivity contribution in [2.24, 2.45) is 11.8 Å². The summed E-state index contributed by atoms with van der Waals surface area (Å²) in [5, 5.41) is 10.0. The third kappa shape index (κ3) is 5.75. The molecule has 6 atom stereocenters. The van der Waals surface area contributed by atoms with E-state index >= 15 is 0 Å². The Balaban J connectivity index is 1.59. The molecule has 0 unspecified atom stereocenters. The number of carbonyl (C=O) groups is 3. The van der Waals surface area contributed by atoms with Crippen molar-refractivity contribution in [3.05, 3.63) is 35.9 Å². The summed E-state index contributed by atoms with van der Waals surface area (Å²) in [7, 11) is -3.65. The molecule has 3 fully saturated rings. The number of hydrogen-bond donors (Lipinski definition) is 2. The summed E-state index contributed by atoms with van der Waals surface area (Å²) >= 11 is 1.39. The summed E-state index contributed by atoms with van der Waals surface area (Å²) in [6, 6.07) is -0.825. The van der Waals surface area contributed by atoms with E-state index in [1.807, 2.05) is 6.92 Å². The first-order chi connectivity index (χ1) is 18.5. The second-order valence-corrected chi connectivity index (χ2v) is 13.2. The predicted molar refractivity (Wildman–Crippen MR) is 144 cm³/mol. The number of nitrogens with zero attached hydrogens (tertiary/aromatic N) is 3. The lowest BCUT2D eigenvalue weighted by Gasteiger charge is -2.46. The standard InChI is InChI=1S/C25H36N4O8S2/c1-5-10-36-24(32)21-22(15(3)20-19(16(4)30)23(31)29(20)21)38-18-12-17(28(14-18)25(33)37-11-6-2)13-27-9-7-8-26-39(27,34)35/h5-6,15-20,26,30H,1-2,7-14H2,3-4H3/t15-,16-,17+,18+,19-,20-/m1/s1. The zero-order valence-corrected chi connectivity index (χ0v) is 23.8. The van der Waals surface area contributed by atoms with Gasteiger partial charge in [0.15, 0.2) is 0 Å². The maximum Gasteiger partial charge on any atom is 0.410 e. The van der Waals surface area contributed by atoms with Crippen LogP contribution in [0.15, 0.2) is 35.9 Å². The van der Waals surface area contributed by atoms with Gasteiger partial charge >= 0.3 is 12.1 Å². The number of β-lactam (4-membered cyclic amide) rings is 1. The van der Waals surface area contributed by atoms with E-state index in [-0.39, 0.29) is 55.1 Å². The van der Waals surface area contributed by atoms with Crippen LogP contribution in [0, 0.1) is 11.8 Å². The van der Waals surface area contributed by atoms with Crippen molar-refractivity contribution >= 4 is 39.9 Å². The van der Waals surface area contributed by atoms with Crippen molar-refractivity contribution in [2.75, 3.05) is 39.4 Å². The lowest BCUT2D eigenvalue weighted by molar-refractivity contribution is -0.164. The Kier molecular flexibility index (Phi) is 9.11. The smallest absolute Gasteiger partial charge is 0.410 e. The van der Waals surface area contributed by atoms with Gasteiger partial charge < -0.3 is 24.4 Å². The van der Waals surface area contributed by atoms with Crippen molar-refractivity contribution in [2.45, 2.75) is 50.1 Å². The Morgan fingerprint density at radius 2 is 1.95 bits per heavy atom. The fraction of sp³-hybridized carbons (Fsp3) is 0.640. The minimum atomic E-state index is -3.65. The highest BCUT2D eigenvalue weighted by atomic mass is 32.2. The number of carbonyl (C=O) groups excluding carboxylic acids is 3. The number of ether oxygens (including phenoxy) is 2. The number of likely N-dealkylation sites (tertiary alicyclic amines) is 1. The van der Waals surface area contributed by atoms with Gasteiger partial charge in [-0.15, -0.1) is 11.8 Å². The molecular formula is C25H36N4O8S2. The number of esters is 1. The van der Waals surface area contributed by atoms with Crippen LogP contribution < -0.4 is 4.72 Å². The summed E-state index contributed by atoms with van der Waals surface area (Å²) in [5.74, 6) is -1.85. The Morgan fingerprint density at radius 3 is 2.59 bits per heavy atom. The predicted octanol–water partition coefficient (Wildman–Crippen LogP) is 0.824. The fourth-order valence-corrected chi connectivity index (χ4v) is 8.60. The monoisotopic (exact) mass is 584 g/mol.